The summed E-state index contributed by atoms with van der Waals surface area (Å²) in [5.74, 6) is 0.440. The van der Waals surface area contributed by atoms with Crippen LogP contribution in [0.15, 0.2) is 30.4 Å². The molecule has 0 aliphatic carbocycles. The molecule has 5 heteroatoms. The van der Waals surface area contributed by atoms with Crippen LogP contribution in [0.3, 0.4) is 0 Å². The Morgan fingerprint density at radius 2 is 2.18 bits per heavy atom. The Morgan fingerprint density at radius 1 is 1.47 bits per heavy atom. The lowest BCUT2D eigenvalue weighted by Gasteiger charge is -2.28. The molecular formula is C12H12F3NO. The zero-order valence-corrected chi connectivity index (χ0v) is 9.27. The highest BCUT2D eigenvalue weighted by molar-refractivity contribution is 5.61. The molecule has 2 nitrogen and oxygen atoms in total. The molecule has 0 bridgehead atoms. The maximum Gasteiger partial charge on any atom is 0.416 e. The largest absolute Gasteiger partial charge is 0.489 e. The molecule has 1 aliphatic rings. The molecule has 0 fully saturated rings. The number of halogens is 3. The van der Waals surface area contributed by atoms with Crippen LogP contribution >= 0.6 is 0 Å². The van der Waals surface area contributed by atoms with Crippen molar-refractivity contribution in [2.75, 3.05) is 11.9 Å². The fourth-order valence-electron chi connectivity index (χ4n) is 1.61. The van der Waals surface area contributed by atoms with E-state index in [4.69, 9.17) is 4.74 Å². The molecule has 0 unspecified atom stereocenters. The topological polar surface area (TPSA) is 21.3 Å². The van der Waals surface area contributed by atoms with E-state index in [0.29, 0.717) is 18.0 Å². The van der Waals surface area contributed by atoms with Gasteiger partial charge in [0.2, 0.25) is 0 Å². The van der Waals surface area contributed by atoms with Gasteiger partial charge in [0, 0.05) is 0 Å². The van der Waals surface area contributed by atoms with Gasteiger partial charge in [0.05, 0.1) is 17.3 Å². The second kappa shape index (κ2) is 3.98. The number of anilines is 1. The Bertz CT molecular complexity index is 454. The molecule has 1 aliphatic heterocycles. The van der Waals surface area contributed by atoms with Crippen LogP contribution in [0, 0.1) is 0 Å². The molecular weight excluding hydrogens is 231 g/mol. The van der Waals surface area contributed by atoms with Crippen LogP contribution in [0.2, 0.25) is 0 Å². The van der Waals surface area contributed by atoms with E-state index < -0.39 is 11.7 Å². The van der Waals surface area contributed by atoms with Crippen molar-refractivity contribution in [3.63, 3.8) is 0 Å². The van der Waals surface area contributed by atoms with E-state index in [1.165, 1.54) is 6.07 Å². The number of alkyl halides is 3. The van der Waals surface area contributed by atoms with Crippen molar-refractivity contribution in [2.45, 2.75) is 19.1 Å². The first-order chi connectivity index (χ1) is 7.88. The number of benzene rings is 1. The minimum atomic E-state index is -4.34. The molecule has 2 rings (SSSR count). The summed E-state index contributed by atoms with van der Waals surface area (Å²) in [5.41, 5.74) is 0.502. The first kappa shape index (κ1) is 11.8. The lowest BCUT2D eigenvalue weighted by atomic mass is 10.1. The molecule has 1 atom stereocenters. The van der Waals surface area contributed by atoms with Gasteiger partial charge in [0.1, 0.15) is 12.4 Å². The third-order valence-electron chi connectivity index (χ3n) is 2.64. The van der Waals surface area contributed by atoms with Crippen molar-refractivity contribution < 1.29 is 17.9 Å². The van der Waals surface area contributed by atoms with Crippen molar-refractivity contribution in [3.05, 3.63) is 35.9 Å². The van der Waals surface area contributed by atoms with Gasteiger partial charge < -0.3 is 10.1 Å². The first-order valence-electron chi connectivity index (χ1n) is 5.14. The molecule has 1 N–H and O–H groups in total. The standard InChI is InChI=1S/C12H12F3NO/c1-7(2)10-6-17-11-4-3-8(12(13,14)15)5-9(11)16-10/h3-5,10,16H,1,6H2,2H3/t10-/m1/s1. The predicted octanol–water partition coefficient (Wildman–Crippen LogP) is 3.45. The van der Waals surface area contributed by atoms with Gasteiger partial charge in [-0.25, -0.2) is 0 Å². The highest BCUT2D eigenvalue weighted by atomic mass is 19.4. The van der Waals surface area contributed by atoms with E-state index in [9.17, 15) is 13.2 Å². The first-order valence-corrected chi connectivity index (χ1v) is 5.14. The minimum absolute atomic E-state index is 0.147. The summed E-state index contributed by atoms with van der Waals surface area (Å²) in [7, 11) is 0. The second-order valence-corrected chi connectivity index (χ2v) is 4.06. The van der Waals surface area contributed by atoms with Crippen LogP contribution in [0.1, 0.15) is 12.5 Å². The summed E-state index contributed by atoms with van der Waals surface area (Å²) < 4.78 is 43.0. The average Bonchev–Trinajstić information content (AvgIpc) is 2.26. The summed E-state index contributed by atoms with van der Waals surface area (Å²) in [6.07, 6.45) is -4.34. The Kier molecular flexibility index (Phi) is 2.77. The van der Waals surface area contributed by atoms with E-state index >= 15 is 0 Å². The van der Waals surface area contributed by atoms with E-state index in [-0.39, 0.29) is 6.04 Å². The summed E-state index contributed by atoms with van der Waals surface area (Å²) in [6, 6.07) is 3.26. The van der Waals surface area contributed by atoms with Gasteiger partial charge in [-0.2, -0.15) is 13.2 Å². The quantitative estimate of drug-likeness (QED) is 0.763. The molecule has 0 spiro atoms. The molecule has 0 amide bonds. The SMILES string of the molecule is C=C(C)[C@H]1COc2ccc(C(F)(F)F)cc2N1. The Labute approximate surface area is 97.1 Å². The highest BCUT2D eigenvalue weighted by Gasteiger charge is 2.32. The second-order valence-electron chi connectivity index (χ2n) is 4.06. The highest BCUT2D eigenvalue weighted by Crippen LogP contribution is 2.37. The van der Waals surface area contributed by atoms with Gasteiger partial charge in [-0.3, -0.25) is 0 Å². The molecule has 1 aromatic rings. The molecule has 17 heavy (non-hydrogen) atoms. The Morgan fingerprint density at radius 3 is 2.76 bits per heavy atom. The number of hydrogen-bond donors (Lipinski definition) is 1. The van der Waals surface area contributed by atoms with Crippen LogP contribution < -0.4 is 10.1 Å². The predicted molar refractivity (Wildman–Crippen MR) is 59.2 cm³/mol. The van der Waals surface area contributed by atoms with Crippen molar-refractivity contribution in [2.24, 2.45) is 0 Å². The van der Waals surface area contributed by atoms with Crippen LogP contribution in [-0.4, -0.2) is 12.6 Å². The fourth-order valence-corrected chi connectivity index (χ4v) is 1.61. The van der Waals surface area contributed by atoms with Crippen LogP contribution in [0.4, 0.5) is 18.9 Å². The summed E-state index contributed by atoms with van der Waals surface area (Å²) >= 11 is 0. The smallest absolute Gasteiger partial charge is 0.416 e. The lowest BCUT2D eigenvalue weighted by Crippen LogP contribution is -2.32. The van der Waals surface area contributed by atoms with Crippen LogP contribution in [0.25, 0.3) is 0 Å². The maximum absolute atomic E-state index is 12.5. The summed E-state index contributed by atoms with van der Waals surface area (Å²) in [5, 5.41) is 2.98. The van der Waals surface area contributed by atoms with Gasteiger partial charge in [-0.15, -0.1) is 0 Å². The third-order valence-corrected chi connectivity index (χ3v) is 2.64. The lowest BCUT2D eigenvalue weighted by molar-refractivity contribution is -0.137. The molecule has 0 saturated heterocycles. The van der Waals surface area contributed by atoms with E-state index in [0.717, 1.165) is 17.7 Å². The maximum atomic E-state index is 12.5. The summed E-state index contributed by atoms with van der Waals surface area (Å²) in [4.78, 5) is 0. The van der Waals surface area contributed by atoms with Gasteiger partial charge in [-0.1, -0.05) is 12.2 Å². The van der Waals surface area contributed by atoms with Gasteiger partial charge in [0.15, 0.2) is 0 Å². The van der Waals surface area contributed by atoms with Crippen molar-refractivity contribution in [1.82, 2.24) is 0 Å². The molecule has 1 heterocycles. The van der Waals surface area contributed by atoms with Gasteiger partial charge >= 0.3 is 6.18 Å². The van der Waals surface area contributed by atoms with Crippen molar-refractivity contribution >= 4 is 5.69 Å². The molecule has 92 valence electrons. The number of hydrogen-bond acceptors (Lipinski definition) is 2. The number of ether oxygens (including phenoxy) is 1. The Hall–Kier alpha value is -1.65. The monoisotopic (exact) mass is 243 g/mol. The molecule has 0 aromatic heterocycles. The zero-order chi connectivity index (χ0) is 12.6. The van der Waals surface area contributed by atoms with Gasteiger partial charge in [0.25, 0.3) is 0 Å². The number of rotatable bonds is 1. The van der Waals surface area contributed by atoms with Gasteiger partial charge in [-0.05, 0) is 25.1 Å². The Balaban J connectivity index is 2.32. The average molecular weight is 243 g/mol. The molecule has 1 aromatic carbocycles. The van der Waals surface area contributed by atoms with Crippen LogP contribution in [0.5, 0.6) is 5.75 Å². The molecule has 0 saturated carbocycles. The van der Waals surface area contributed by atoms with E-state index in [1.807, 2.05) is 0 Å². The summed E-state index contributed by atoms with van der Waals surface area (Å²) in [6.45, 7) is 5.95. The fraction of sp³-hybridized carbons (Fsp3) is 0.333. The van der Waals surface area contributed by atoms with Crippen molar-refractivity contribution in [1.29, 1.82) is 0 Å². The minimum Gasteiger partial charge on any atom is -0.489 e. The normalized spacial score (nSPS) is 18.9. The molecule has 0 radical (unpaired) electrons. The zero-order valence-electron chi connectivity index (χ0n) is 9.27. The number of nitrogens with one attached hydrogen (secondary N) is 1. The number of fused-ring (bicyclic) bond motifs is 1. The third kappa shape index (κ3) is 2.38. The van der Waals surface area contributed by atoms with Crippen molar-refractivity contribution in [3.8, 4) is 5.75 Å². The van der Waals surface area contributed by atoms with Crippen LogP contribution in [-0.2, 0) is 6.18 Å². The van der Waals surface area contributed by atoms with E-state index in [2.05, 4.69) is 11.9 Å². The van der Waals surface area contributed by atoms with E-state index in [1.54, 1.807) is 6.92 Å².